The van der Waals surface area contributed by atoms with E-state index in [1.165, 1.54) is 26.4 Å². The molecule has 0 N–H and O–H groups in total. The molecule has 0 unspecified atom stereocenters. The SMILES string of the molecule is COC(=O)C1=CC(=NC(C)(C)C)[C@]2(C#N)[C@H]1Oc1ccccc1[C@]21OC(=NC(C)(C)C)C=C1C(=O)OC. The number of fused-ring (bicyclic) bond motifs is 4. The molecule has 1 aliphatic carbocycles. The number of carbonyl (C=O) groups excluding carboxylic acids is 2. The third-order valence-electron chi connectivity index (χ3n) is 6.25. The molecule has 1 aromatic rings. The Morgan fingerprint density at radius 3 is 2.16 bits per heavy atom. The molecule has 0 bridgehead atoms. The van der Waals surface area contributed by atoms with Gasteiger partial charge >= 0.3 is 11.9 Å². The number of benzene rings is 1. The zero-order valence-corrected chi connectivity index (χ0v) is 22.3. The second kappa shape index (κ2) is 8.58. The van der Waals surface area contributed by atoms with Gasteiger partial charge in [0.1, 0.15) is 5.75 Å². The first kappa shape index (κ1) is 26.1. The van der Waals surface area contributed by atoms with Gasteiger partial charge in [-0.05, 0) is 53.7 Å². The Labute approximate surface area is 216 Å². The van der Waals surface area contributed by atoms with Crippen molar-refractivity contribution in [1.29, 1.82) is 5.26 Å². The Hall–Kier alpha value is -3.93. The fraction of sp³-hybridized carbons (Fsp3) is 0.464. The Morgan fingerprint density at radius 2 is 1.59 bits per heavy atom. The van der Waals surface area contributed by atoms with Crippen LogP contribution in [0.1, 0.15) is 47.1 Å². The summed E-state index contributed by atoms with van der Waals surface area (Å²) in [6, 6.07) is 9.33. The summed E-state index contributed by atoms with van der Waals surface area (Å²) in [7, 11) is 2.51. The predicted octanol–water partition coefficient (Wildman–Crippen LogP) is 3.83. The maximum absolute atomic E-state index is 13.4. The predicted molar refractivity (Wildman–Crippen MR) is 136 cm³/mol. The molecule has 4 rings (SSSR count). The highest BCUT2D eigenvalue weighted by molar-refractivity contribution is 6.16. The van der Waals surface area contributed by atoms with Crippen molar-refractivity contribution in [1.82, 2.24) is 0 Å². The van der Waals surface area contributed by atoms with Gasteiger partial charge in [-0.2, -0.15) is 5.26 Å². The lowest BCUT2D eigenvalue weighted by Gasteiger charge is -2.49. The molecule has 194 valence electrons. The Kier molecular flexibility index (Phi) is 6.06. The van der Waals surface area contributed by atoms with Crippen molar-refractivity contribution in [2.75, 3.05) is 14.2 Å². The number of allylic oxidation sites excluding steroid dienone is 1. The number of nitrogens with zero attached hydrogens (tertiary/aromatic N) is 3. The lowest BCUT2D eigenvalue weighted by Crippen LogP contribution is -2.61. The summed E-state index contributed by atoms with van der Waals surface area (Å²) in [5.74, 6) is -0.883. The summed E-state index contributed by atoms with van der Waals surface area (Å²) in [6.45, 7) is 11.3. The summed E-state index contributed by atoms with van der Waals surface area (Å²) < 4.78 is 23.2. The van der Waals surface area contributed by atoms with Crippen molar-refractivity contribution in [3.63, 3.8) is 0 Å². The number of methoxy groups -OCH3 is 2. The van der Waals surface area contributed by atoms with Gasteiger partial charge in [0.05, 0.1) is 48.2 Å². The van der Waals surface area contributed by atoms with E-state index in [1.807, 2.05) is 41.5 Å². The Balaban J connectivity index is 2.17. The van der Waals surface area contributed by atoms with Crippen LogP contribution in [0.25, 0.3) is 0 Å². The number of ether oxygens (including phenoxy) is 4. The highest BCUT2D eigenvalue weighted by Gasteiger charge is 2.75. The molecule has 37 heavy (non-hydrogen) atoms. The highest BCUT2D eigenvalue weighted by Crippen LogP contribution is 2.63. The summed E-state index contributed by atoms with van der Waals surface area (Å²) in [6.07, 6.45) is 1.82. The topological polar surface area (TPSA) is 120 Å². The number of para-hydroxylation sites is 1. The van der Waals surface area contributed by atoms with Gasteiger partial charge in [0.2, 0.25) is 5.90 Å². The van der Waals surface area contributed by atoms with E-state index in [4.69, 9.17) is 23.9 Å². The van der Waals surface area contributed by atoms with Crippen molar-refractivity contribution < 1.29 is 28.5 Å². The van der Waals surface area contributed by atoms with Gasteiger partial charge in [-0.15, -0.1) is 0 Å². The normalized spacial score (nSPS) is 28.5. The summed E-state index contributed by atoms with van der Waals surface area (Å²) in [5.41, 5.74) is -3.99. The van der Waals surface area contributed by atoms with Crippen LogP contribution in [0.2, 0.25) is 0 Å². The number of aliphatic imine (C=N–C) groups is 2. The van der Waals surface area contributed by atoms with E-state index < -0.39 is 40.1 Å². The molecule has 0 amide bonds. The van der Waals surface area contributed by atoms with Gasteiger partial charge in [0.15, 0.2) is 17.1 Å². The zero-order valence-electron chi connectivity index (χ0n) is 22.3. The first-order valence-corrected chi connectivity index (χ1v) is 11.9. The van der Waals surface area contributed by atoms with E-state index in [2.05, 4.69) is 11.1 Å². The van der Waals surface area contributed by atoms with E-state index >= 15 is 0 Å². The molecule has 2 heterocycles. The third-order valence-corrected chi connectivity index (χ3v) is 6.25. The second-order valence-corrected chi connectivity index (χ2v) is 11.1. The molecular weight excluding hydrogens is 474 g/mol. The minimum Gasteiger partial charge on any atom is -0.483 e. The molecule has 3 atom stereocenters. The maximum Gasteiger partial charge on any atom is 0.338 e. The van der Waals surface area contributed by atoms with Crippen LogP contribution >= 0.6 is 0 Å². The van der Waals surface area contributed by atoms with Crippen LogP contribution in [-0.2, 0) is 29.4 Å². The van der Waals surface area contributed by atoms with Crippen LogP contribution in [0, 0.1) is 16.7 Å². The van der Waals surface area contributed by atoms with E-state index in [0.717, 1.165) is 0 Å². The van der Waals surface area contributed by atoms with Gasteiger partial charge in [-0.3, -0.25) is 4.99 Å². The zero-order chi connectivity index (χ0) is 27.4. The average molecular weight is 506 g/mol. The fourth-order valence-electron chi connectivity index (χ4n) is 5.04. The minimum absolute atomic E-state index is 0.0569. The molecule has 0 radical (unpaired) electrons. The first-order chi connectivity index (χ1) is 17.2. The molecular formula is C28H31N3O6. The van der Waals surface area contributed by atoms with Crippen molar-refractivity contribution in [3.05, 3.63) is 53.1 Å². The quantitative estimate of drug-likeness (QED) is 0.560. The second-order valence-electron chi connectivity index (χ2n) is 11.1. The van der Waals surface area contributed by atoms with Crippen LogP contribution in [0.5, 0.6) is 5.75 Å². The maximum atomic E-state index is 13.4. The van der Waals surface area contributed by atoms with E-state index in [9.17, 15) is 14.9 Å². The molecule has 3 aliphatic rings. The van der Waals surface area contributed by atoms with Crippen LogP contribution in [0.4, 0.5) is 0 Å². The number of nitriles is 1. The molecule has 1 aromatic carbocycles. The summed E-state index contributed by atoms with van der Waals surface area (Å²) in [4.78, 5) is 35.9. The van der Waals surface area contributed by atoms with Crippen LogP contribution in [-0.4, -0.2) is 54.9 Å². The van der Waals surface area contributed by atoms with E-state index in [0.29, 0.717) is 11.3 Å². The number of hydrogen-bond acceptors (Lipinski definition) is 9. The van der Waals surface area contributed by atoms with Gasteiger partial charge in [-0.1, -0.05) is 18.2 Å². The largest absolute Gasteiger partial charge is 0.483 e. The van der Waals surface area contributed by atoms with Crippen LogP contribution in [0.15, 0.2) is 57.5 Å². The number of esters is 2. The fourth-order valence-corrected chi connectivity index (χ4v) is 5.04. The number of hydrogen-bond donors (Lipinski definition) is 0. The number of carbonyl (C=O) groups is 2. The summed E-state index contributed by atoms with van der Waals surface area (Å²) in [5, 5.41) is 11.0. The number of rotatable bonds is 2. The molecule has 9 heteroatoms. The van der Waals surface area contributed by atoms with Crippen molar-refractivity contribution in [3.8, 4) is 11.8 Å². The van der Waals surface area contributed by atoms with Crippen molar-refractivity contribution in [2.45, 2.75) is 64.3 Å². The molecule has 2 aliphatic heterocycles. The van der Waals surface area contributed by atoms with Gasteiger partial charge in [0.25, 0.3) is 0 Å². The van der Waals surface area contributed by atoms with E-state index in [1.54, 1.807) is 24.3 Å². The molecule has 9 nitrogen and oxygen atoms in total. The highest BCUT2D eigenvalue weighted by atomic mass is 16.6. The molecule has 1 spiro atoms. The smallest absolute Gasteiger partial charge is 0.338 e. The van der Waals surface area contributed by atoms with Gasteiger partial charge in [0, 0.05) is 11.6 Å². The summed E-state index contributed by atoms with van der Waals surface area (Å²) >= 11 is 0. The molecule has 0 fully saturated rings. The standard InChI is InChI=1S/C28H31N3O6/c1-25(2,3)30-20-13-16(23(32)34-7)22-27(20,15-29)28(17-11-9-10-12-19(17)36-22)18(24(33)35-8)14-21(37-28)31-26(4,5)6/h9-14,22H,1-8H3/t22-,27+,28+/m0/s1. The van der Waals surface area contributed by atoms with Crippen molar-refractivity contribution in [2.24, 2.45) is 15.4 Å². The Bertz CT molecular complexity index is 1330. The van der Waals surface area contributed by atoms with Crippen LogP contribution in [0.3, 0.4) is 0 Å². The Morgan fingerprint density at radius 1 is 0.973 bits per heavy atom. The lowest BCUT2D eigenvalue weighted by atomic mass is 9.60. The first-order valence-electron chi connectivity index (χ1n) is 11.9. The third kappa shape index (κ3) is 3.91. The molecule has 0 aromatic heterocycles. The molecule has 0 saturated carbocycles. The lowest BCUT2D eigenvalue weighted by molar-refractivity contribution is -0.141. The van der Waals surface area contributed by atoms with Gasteiger partial charge in [-0.25, -0.2) is 14.6 Å². The van der Waals surface area contributed by atoms with E-state index in [-0.39, 0.29) is 22.8 Å². The molecule has 0 saturated heterocycles. The van der Waals surface area contributed by atoms with Gasteiger partial charge < -0.3 is 18.9 Å². The van der Waals surface area contributed by atoms with Crippen LogP contribution < -0.4 is 4.74 Å². The minimum atomic E-state index is -1.80. The average Bonchev–Trinajstić information content (AvgIpc) is 3.33. The monoisotopic (exact) mass is 505 g/mol. The van der Waals surface area contributed by atoms with Crippen molar-refractivity contribution >= 4 is 23.5 Å².